The second-order valence-electron chi connectivity index (χ2n) is 6.91. The normalized spacial score (nSPS) is 11.1. The highest BCUT2D eigenvalue weighted by Crippen LogP contribution is 2.35. The minimum absolute atomic E-state index is 0.236. The van der Waals surface area contributed by atoms with Crippen LogP contribution in [0, 0.1) is 39.0 Å². The molecule has 0 aliphatic rings. The molecule has 8 heteroatoms. The Labute approximate surface area is 178 Å². The Balaban J connectivity index is 2.03. The molecule has 154 valence electrons. The second-order valence-corrected chi connectivity index (χ2v) is 7.91. The fourth-order valence-corrected chi connectivity index (χ4v) is 4.17. The van der Waals surface area contributed by atoms with Crippen molar-refractivity contribution in [2.75, 3.05) is 6.61 Å². The molecule has 3 rings (SSSR count). The van der Waals surface area contributed by atoms with Gasteiger partial charge in [0, 0.05) is 11.9 Å². The van der Waals surface area contributed by atoms with E-state index in [-0.39, 0.29) is 12.2 Å². The number of ether oxygens (including phenoxy) is 1. The molecule has 0 unspecified atom stereocenters. The Hall–Kier alpha value is -3.44. The third-order valence-corrected chi connectivity index (χ3v) is 5.90. The number of carbonyl (C=O) groups is 1. The van der Waals surface area contributed by atoms with Gasteiger partial charge in [-0.15, -0.1) is 11.3 Å². The number of nitrogens with one attached hydrogen (secondary N) is 1. The summed E-state index contributed by atoms with van der Waals surface area (Å²) in [5, 5.41) is 12.9. The number of thiophene rings is 1. The first-order valence-electron chi connectivity index (χ1n) is 9.42. The molecule has 0 aliphatic carbocycles. The number of benzene rings is 1. The number of hydrogen-bond donors (Lipinski definition) is 1. The van der Waals surface area contributed by atoms with E-state index in [9.17, 15) is 14.9 Å². The Morgan fingerprint density at radius 1 is 1.33 bits per heavy atom. The van der Waals surface area contributed by atoms with Crippen LogP contribution in [-0.2, 0) is 4.74 Å². The smallest absolute Gasteiger partial charge is 0.348 e. The van der Waals surface area contributed by atoms with Crippen molar-refractivity contribution in [3.05, 3.63) is 66.9 Å². The molecule has 3 aromatic rings. The third-order valence-electron chi connectivity index (χ3n) is 4.72. The van der Waals surface area contributed by atoms with Gasteiger partial charge in [-0.2, -0.15) is 5.26 Å². The predicted molar refractivity (Wildman–Crippen MR) is 118 cm³/mol. The topological polar surface area (TPSA) is 100 Å². The molecule has 1 aromatic carbocycles. The van der Waals surface area contributed by atoms with Crippen molar-refractivity contribution >= 4 is 28.5 Å². The summed E-state index contributed by atoms with van der Waals surface area (Å²) in [5.74, 6) is -0.479. The number of nitriles is 1. The number of esters is 1. The van der Waals surface area contributed by atoms with E-state index in [1.54, 1.807) is 20.8 Å². The average molecular weight is 423 g/mol. The standard InChI is InChI=1S/C22H22N4O3S/c1-6-29-22(28)19-14(4)16(10-23)20(30-19)24-11-17-15(5)25-26(21(17)27)18-8-7-12(2)9-13(18)3/h7-9,11,25H,6H2,1-5H3/b24-11+. The van der Waals surface area contributed by atoms with Crippen molar-refractivity contribution in [2.45, 2.75) is 34.6 Å². The van der Waals surface area contributed by atoms with E-state index in [4.69, 9.17) is 4.74 Å². The number of aryl methyl sites for hydroxylation is 3. The van der Waals surface area contributed by atoms with Gasteiger partial charge in [-0.05, 0) is 51.8 Å². The van der Waals surface area contributed by atoms with Crippen LogP contribution in [0.5, 0.6) is 0 Å². The zero-order valence-corrected chi connectivity index (χ0v) is 18.3. The van der Waals surface area contributed by atoms with Crippen LogP contribution in [0.15, 0.2) is 28.0 Å². The molecule has 0 spiro atoms. The molecule has 2 heterocycles. The quantitative estimate of drug-likeness (QED) is 0.490. The molecule has 30 heavy (non-hydrogen) atoms. The lowest BCUT2D eigenvalue weighted by Crippen LogP contribution is -2.18. The second kappa shape index (κ2) is 8.51. The molecule has 0 bridgehead atoms. The van der Waals surface area contributed by atoms with Gasteiger partial charge < -0.3 is 4.74 Å². The first kappa shape index (κ1) is 21.3. The Morgan fingerprint density at radius 3 is 2.70 bits per heavy atom. The largest absolute Gasteiger partial charge is 0.462 e. The first-order valence-corrected chi connectivity index (χ1v) is 10.2. The number of hydrogen-bond acceptors (Lipinski definition) is 6. The van der Waals surface area contributed by atoms with Gasteiger partial charge in [-0.25, -0.2) is 14.5 Å². The molecule has 0 amide bonds. The van der Waals surface area contributed by atoms with Crippen LogP contribution in [0.2, 0.25) is 0 Å². The van der Waals surface area contributed by atoms with Crippen LogP contribution in [0.4, 0.5) is 5.00 Å². The minimum atomic E-state index is -0.479. The summed E-state index contributed by atoms with van der Waals surface area (Å²) in [7, 11) is 0. The molecular weight excluding hydrogens is 400 g/mol. The Kier molecular flexibility index (Phi) is 6.04. The van der Waals surface area contributed by atoms with Gasteiger partial charge in [-0.1, -0.05) is 17.7 Å². The summed E-state index contributed by atoms with van der Waals surface area (Å²) in [4.78, 5) is 29.8. The lowest BCUT2D eigenvalue weighted by Gasteiger charge is -2.06. The molecule has 0 radical (unpaired) electrons. The van der Waals surface area contributed by atoms with Crippen molar-refractivity contribution in [2.24, 2.45) is 4.99 Å². The monoisotopic (exact) mass is 422 g/mol. The van der Waals surface area contributed by atoms with Crippen LogP contribution in [0.3, 0.4) is 0 Å². The summed E-state index contributed by atoms with van der Waals surface area (Å²) in [5.41, 5.74) is 4.51. The highest BCUT2D eigenvalue weighted by molar-refractivity contribution is 7.18. The van der Waals surface area contributed by atoms with Crippen LogP contribution in [-0.4, -0.2) is 28.6 Å². The number of aromatic amines is 1. The zero-order chi connectivity index (χ0) is 22.0. The summed E-state index contributed by atoms with van der Waals surface area (Å²) in [6.07, 6.45) is 1.44. The van der Waals surface area contributed by atoms with E-state index in [2.05, 4.69) is 16.2 Å². The summed E-state index contributed by atoms with van der Waals surface area (Å²) >= 11 is 1.08. The molecule has 0 saturated heterocycles. The Morgan fingerprint density at radius 2 is 2.07 bits per heavy atom. The molecule has 2 aromatic heterocycles. The van der Waals surface area contributed by atoms with Crippen molar-refractivity contribution in [1.82, 2.24) is 9.78 Å². The number of aliphatic imine (C=N–C) groups is 1. The fraction of sp³-hybridized carbons (Fsp3) is 0.273. The van der Waals surface area contributed by atoms with Gasteiger partial charge in [0.25, 0.3) is 5.56 Å². The first-order chi connectivity index (χ1) is 14.3. The Bertz CT molecular complexity index is 1250. The summed E-state index contributed by atoms with van der Waals surface area (Å²) < 4.78 is 6.53. The van der Waals surface area contributed by atoms with Gasteiger partial charge in [0.2, 0.25) is 0 Å². The van der Waals surface area contributed by atoms with Crippen LogP contribution >= 0.6 is 11.3 Å². The fourth-order valence-electron chi connectivity index (χ4n) is 3.17. The van der Waals surface area contributed by atoms with E-state index < -0.39 is 5.97 Å². The number of nitrogens with zero attached hydrogens (tertiary/aromatic N) is 3. The van der Waals surface area contributed by atoms with Gasteiger partial charge in [-0.3, -0.25) is 9.89 Å². The van der Waals surface area contributed by atoms with E-state index in [1.165, 1.54) is 10.9 Å². The lowest BCUT2D eigenvalue weighted by molar-refractivity contribution is 0.0531. The van der Waals surface area contributed by atoms with Crippen molar-refractivity contribution in [1.29, 1.82) is 5.26 Å². The number of H-pyrrole nitrogens is 1. The average Bonchev–Trinajstić information content (AvgIpc) is 3.16. The SMILES string of the molecule is CCOC(=O)c1sc(/N=C/c2c(C)[nH]n(-c3ccc(C)cc3C)c2=O)c(C#N)c1C. The number of aromatic nitrogens is 2. The highest BCUT2D eigenvalue weighted by Gasteiger charge is 2.21. The van der Waals surface area contributed by atoms with E-state index >= 15 is 0 Å². The van der Waals surface area contributed by atoms with E-state index in [0.717, 1.165) is 28.2 Å². The molecule has 0 atom stereocenters. The van der Waals surface area contributed by atoms with Gasteiger partial charge >= 0.3 is 5.97 Å². The molecule has 7 nitrogen and oxygen atoms in total. The highest BCUT2D eigenvalue weighted by atomic mass is 32.1. The zero-order valence-electron chi connectivity index (χ0n) is 17.5. The predicted octanol–water partition coefficient (Wildman–Crippen LogP) is 4.26. The van der Waals surface area contributed by atoms with Gasteiger partial charge in [0.1, 0.15) is 15.9 Å². The molecule has 0 aliphatic heterocycles. The van der Waals surface area contributed by atoms with E-state index in [0.29, 0.717) is 32.3 Å². The van der Waals surface area contributed by atoms with Crippen molar-refractivity contribution in [3.63, 3.8) is 0 Å². The molecule has 0 saturated carbocycles. The summed E-state index contributed by atoms with van der Waals surface area (Å²) in [6.45, 7) is 9.39. The summed E-state index contributed by atoms with van der Waals surface area (Å²) in [6, 6.07) is 7.94. The van der Waals surface area contributed by atoms with Crippen LogP contribution in [0.25, 0.3) is 5.69 Å². The maximum atomic E-state index is 13.0. The van der Waals surface area contributed by atoms with Gasteiger partial charge in [0.05, 0.1) is 23.4 Å². The molecular formula is C22H22N4O3S. The minimum Gasteiger partial charge on any atom is -0.462 e. The maximum absolute atomic E-state index is 13.0. The number of carbonyl (C=O) groups excluding carboxylic acids is 1. The maximum Gasteiger partial charge on any atom is 0.348 e. The molecule has 0 fully saturated rings. The third kappa shape index (κ3) is 3.84. The number of rotatable bonds is 5. The van der Waals surface area contributed by atoms with Crippen LogP contribution in [0.1, 0.15) is 50.1 Å². The van der Waals surface area contributed by atoms with Crippen molar-refractivity contribution in [3.8, 4) is 11.8 Å². The molecule has 1 N–H and O–H groups in total. The van der Waals surface area contributed by atoms with Gasteiger partial charge in [0.15, 0.2) is 0 Å². The van der Waals surface area contributed by atoms with Crippen molar-refractivity contribution < 1.29 is 9.53 Å². The van der Waals surface area contributed by atoms with E-state index in [1.807, 2.05) is 32.0 Å². The van der Waals surface area contributed by atoms with Crippen LogP contribution < -0.4 is 5.56 Å². The lowest BCUT2D eigenvalue weighted by atomic mass is 10.1.